The van der Waals surface area contributed by atoms with Crippen LogP contribution in [0, 0.1) is 9.62 Å². The van der Waals surface area contributed by atoms with E-state index >= 15 is 0 Å². The molecule has 0 bridgehead atoms. The van der Waals surface area contributed by atoms with Gasteiger partial charge in [-0.05, 0) is 41.1 Å². The van der Waals surface area contributed by atoms with Gasteiger partial charge in [0.2, 0.25) is 0 Å². The lowest BCUT2D eigenvalue weighted by atomic mass is 10.2. The van der Waals surface area contributed by atoms with Crippen LogP contribution in [0.3, 0.4) is 0 Å². The van der Waals surface area contributed by atoms with Crippen molar-refractivity contribution in [2.75, 3.05) is 0 Å². The average molecular weight is 289 g/mol. The molecule has 13 heavy (non-hydrogen) atoms. The van der Waals surface area contributed by atoms with Gasteiger partial charge in [0.25, 0.3) is 0 Å². The number of nitrogens with zero attached hydrogens (tertiary/aromatic N) is 1. The molecule has 1 N–H and O–H groups in total. The van der Waals surface area contributed by atoms with Crippen LogP contribution < -0.4 is 0 Å². The molecule has 68 valence electrons. The fourth-order valence-electron chi connectivity index (χ4n) is 1.43. The van der Waals surface area contributed by atoms with Crippen LogP contribution in [0.4, 0.5) is 0 Å². The Bertz CT molecular complexity index is 353. The van der Waals surface area contributed by atoms with Crippen molar-refractivity contribution in [2.45, 2.75) is 12.3 Å². The van der Waals surface area contributed by atoms with E-state index in [-0.39, 0.29) is 11.8 Å². The number of hydrogen-bond donors (Lipinski definition) is 1. The highest BCUT2D eigenvalue weighted by Gasteiger charge is 2.45. The first-order valence-electron chi connectivity index (χ1n) is 4.04. The lowest BCUT2D eigenvalue weighted by molar-refractivity contribution is -0.138. The van der Waals surface area contributed by atoms with Crippen LogP contribution in [0.1, 0.15) is 18.0 Å². The molecule has 1 aromatic heterocycles. The van der Waals surface area contributed by atoms with Crippen LogP contribution in [-0.4, -0.2) is 16.1 Å². The fourth-order valence-corrected chi connectivity index (χ4v) is 1.91. The summed E-state index contributed by atoms with van der Waals surface area (Å²) in [7, 11) is 0. The molecule has 4 heteroatoms. The third-order valence-corrected chi connectivity index (χ3v) is 2.82. The summed E-state index contributed by atoms with van der Waals surface area (Å²) in [6, 6.07) is 5.72. The zero-order chi connectivity index (χ0) is 9.42. The molecule has 0 radical (unpaired) electrons. The Balaban J connectivity index is 2.16. The monoisotopic (exact) mass is 289 g/mol. The minimum atomic E-state index is -0.703. The number of carbonyl (C=O) groups is 1. The second-order valence-electron chi connectivity index (χ2n) is 3.17. The second-order valence-corrected chi connectivity index (χ2v) is 4.28. The molecule has 0 saturated heterocycles. The van der Waals surface area contributed by atoms with Crippen LogP contribution in [-0.2, 0) is 4.79 Å². The Morgan fingerprint density at radius 3 is 2.92 bits per heavy atom. The summed E-state index contributed by atoms with van der Waals surface area (Å²) in [5.41, 5.74) is 0.916. The molecule has 0 amide bonds. The van der Waals surface area contributed by atoms with Crippen LogP contribution in [0.5, 0.6) is 0 Å². The first-order valence-corrected chi connectivity index (χ1v) is 5.11. The molecular weight excluding hydrogens is 281 g/mol. The van der Waals surface area contributed by atoms with Gasteiger partial charge in [0.15, 0.2) is 0 Å². The van der Waals surface area contributed by atoms with Crippen molar-refractivity contribution in [1.29, 1.82) is 0 Å². The molecule has 2 rings (SSSR count). The Kier molecular flexibility index (Phi) is 2.23. The van der Waals surface area contributed by atoms with Crippen molar-refractivity contribution < 1.29 is 9.90 Å². The van der Waals surface area contributed by atoms with Crippen molar-refractivity contribution in [3.05, 3.63) is 27.6 Å². The van der Waals surface area contributed by atoms with E-state index in [1.165, 1.54) is 0 Å². The standard InChI is InChI=1S/C9H8INO2/c10-8-3-1-2-7(11-8)5-4-6(5)9(12)13/h1-3,5-6H,4H2,(H,12,13). The summed E-state index contributed by atoms with van der Waals surface area (Å²) in [5.74, 6) is -0.761. The summed E-state index contributed by atoms with van der Waals surface area (Å²) in [6.45, 7) is 0. The summed E-state index contributed by atoms with van der Waals surface area (Å²) in [4.78, 5) is 14.9. The van der Waals surface area contributed by atoms with E-state index in [0.717, 1.165) is 15.8 Å². The molecule has 2 unspecified atom stereocenters. The lowest BCUT2D eigenvalue weighted by Crippen LogP contribution is -2.00. The van der Waals surface area contributed by atoms with Gasteiger partial charge in [0.1, 0.15) is 3.70 Å². The zero-order valence-corrected chi connectivity index (χ0v) is 8.93. The minimum absolute atomic E-state index is 0.146. The Hall–Kier alpha value is -0.650. The van der Waals surface area contributed by atoms with Crippen LogP contribution in [0.15, 0.2) is 18.2 Å². The molecule has 1 fully saturated rings. The zero-order valence-electron chi connectivity index (χ0n) is 6.77. The Labute approximate surface area is 89.3 Å². The lowest BCUT2D eigenvalue weighted by Gasteiger charge is -1.97. The maximum Gasteiger partial charge on any atom is 0.307 e. The van der Waals surface area contributed by atoms with Crippen molar-refractivity contribution >= 4 is 28.6 Å². The number of carboxylic acid groups (broad SMARTS) is 1. The SMILES string of the molecule is O=C(O)C1CC1c1cccc(I)n1. The molecule has 1 heterocycles. The molecule has 0 spiro atoms. The summed E-state index contributed by atoms with van der Waals surface area (Å²) in [6.07, 6.45) is 0.739. The normalized spacial score (nSPS) is 25.6. The third kappa shape index (κ3) is 1.82. The Morgan fingerprint density at radius 1 is 1.62 bits per heavy atom. The number of aromatic nitrogens is 1. The predicted octanol–water partition coefficient (Wildman–Crippen LogP) is 1.87. The number of rotatable bonds is 2. The van der Waals surface area contributed by atoms with Gasteiger partial charge < -0.3 is 5.11 Å². The second kappa shape index (κ2) is 3.25. The topological polar surface area (TPSA) is 50.2 Å². The maximum absolute atomic E-state index is 10.6. The molecule has 2 atom stereocenters. The summed E-state index contributed by atoms with van der Waals surface area (Å²) < 4.78 is 0.922. The fraction of sp³-hybridized carbons (Fsp3) is 0.333. The van der Waals surface area contributed by atoms with E-state index in [4.69, 9.17) is 5.11 Å². The van der Waals surface area contributed by atoms with Crippen molar-refractivity contribution in [2.24, 2.45) is 5.92 Å². The van der Waals surface area contributed by atoms with Crippen LogP contribution >= 0.6 is 22.6 Å². The molecule has 1 saturated carbocycles. The molecule has 0 aromatic carbocycles. The molecule has 3 nitrogen and oxygen atoms in total. The third-order valence-electron chi connectivity index (χ3n) is 2.22. The van der Waals surface area contributed by atoms with Gasteiger partial charge in [-0.2, -0.15) is 0 Å². The number of pyridine rings is 1. The summed E-state index contributed by atoms with van der Waals surface area (Å²) in [5, 5.41) is 8.72. The van der Waals surface area contributed by atoms with Gasteiger partial charge >= 0.3 is 5.97 Å². The van der Waals surface area contributed by atoms with Crippen LogP contribution in [0.25, 0.3) is 0 Å². The number of halogens is 1. The van der Waals surface area contributed by atoms with Gasteiger partial charge in [-0.3, -0.25) is 4.79 Å². The van der Waals surface area contributed by atoms with E-state index < -0.39 is 5.97 Å². The molecule has 0 aliphatic heterocycles. The number of hydrogen-bond acceptors (Lipinski definition) is 2. The smallest absolute Gasteiger partial charge is 0.307 e. The highest BCUT2D eigenvalue weighted by molar-refractivity contribution is 14.1. The van der Waals surface area contributed by atoms with Gasteiger partial charge in [0, 0.05) is 11.6 Å². The summed E-state index contributed by atoms with van der Waals surface area (Å²) >= 11 is 2.13. The quantitative estimate of drug-likeness (QED) is 0.668. The van der Waals surface area contributed by atoms with Gasteiger partial charge in [-0.1, -0.05) is 6.07 Å². The highest BCUT2D eigenvalue weighted by atomic mass is 127. The van der Waals surface area contributed by atoms with Gasteiger partial charge in [0.05, 0.1) is 5.92 Å². The van der Waals surface area contributed by atoms with Gasteiger partial charge in [-0.25, -0.2) is 4.98 Å². The van der Waals surface area contributed by atoms with E-state index in [9.17, 15) is 4.79 Å². The van der Waals surface area contributed by atoms with Crippen molar-refractivity contribution in [1.82, 2.24) is 4.98 Å². The first kappa shape index (κ1) is 8.93. The average Bonchev–Trinajstić information content (AvgIpc) is 2.82. The highest BCUT2D eigenvalue weighted by Crippen LogP contribution is 2.46. The predicted molar refractivity (Wildman–Crippen MR) is 55.4 cm³/mol. The Morgan fingerprint density at radius 2 is 2.38 bits per heavy atom. The van der Waals surface area contributed by atoms with Gasteiger partial charge in [-0.15, -0.1) is 0 Å². The van der Waals surface area contributed by atoms with E-state index in [0.29, 0.717) is 0 Å². The van der Waals surface area contributed by atoms with Crippen molar-refractivity contribution in [3.63, 3.8) is 0 Å². The largest absolute Gasteiger partial charge is 0.481 e. The van der Waals surface area contributed by atoms with Crippen LogP contribution in [0.2, 0.25) is 0 Å². The number of carboxylic acids is 1. The molecule has 1 aromatic rings. The maximum atomic E-state index is 10.6. The minimum Gasteiger partial charge on any atom is -0.481 e. The molecule has 1 aliphatic rings. The first-order chi connectivity index (χ1) is 6.18. The van der Waals surface area contributed by atoms with E-state index in [1.54, 1.807) is 0 Å². The molecular formula is C9H8INO2. The molecule has 1 aliphatic carbocycles. The van der Waals surface area contributed by atoms with Crippen molar-refractivity contribution in [3.8, 4) is 0 Å². The van der Waals surface area contributed by atoms with E-state index in [1.807, 2.05) is 18.2 Å². The van der Waals surface area contributed by atoms with E-state index in [2.05, 4.69) is 27.6 Å². The number of aliphatic carboxylic acids is 1.